The van der Waals surface area contributed by atoms with Crippen LogP contribution in [-0.4, -0.2) is 8.42 Å². The van der Waals surface area contributed by atoms with Crippen LogP contribution in [0.25, 0.3) is 0 Å². The second-order valence-corrected chi connectivity index (χ2v) is 6.58. The molecule has 110 valence electrons. The van der Waals surface area contributed by atoms with Crippen LogP contribution in [0.15, 0.2) is 71.8 Å². The van der Waals surface area contributed by atoms with E-state index in [2.05, 4.69) is 6.58 Å². The molecule has 0 spiro atoms. The Kier molecular flexibility index (Phi) is 4.48. The zero-order valence-electron chi connectivity index (χ0n) is 12.3. The molecular weight excluding hydrogens is 282 g/mol. The van der Waals surface area contributed by atoms with Crippen molar-refractivity contribution in [2.45, 2.75) is 25.2 Å². The highest BCUT2D eigenvalue weighted by atomic mass is 32.2. The highest BCUT2D eigenvalue weighted by Crippen LogP contribution is 2.30. The molecule has 0 aromatic heterocycles. The van der Waals surface area contributed by atoms with E-state index in [9.17, 15) is 8.42 Å². The quantitative estimate of drug-likeness (QED) is 0.833. The van der Waals surface area contributed by atoms with Gasteiger partial charge < -0.3 is 0 Å². The number of nitrogens with zero attached hydrogens (tertiary/aromatic N) is 1. The van der Waals surface area contributed by atoms with Gasteiger partial charge in [0.05, 0.1) is 10.6 Å². The van der Waals surface area contributed by atoms with Crippen molar-refractivity contribution in [1.82, 2.24) is 0 Å². The zero-order chi connectivity index (χ0) is 15.5. The Morgan fingerprint density at radius 3 is 2.19 bits per heavy atom. The van der Waals surface area contributed by atoms with Crippen molar-refractivity contribution >= 4 is 15.7 Å². The Morgan fingerprint density at radius 1 is 1.05 bits per heavy atom. The van der Waals surface area contributed by atoms with Gasteiger partial charge in [0.2, 0.25) is 0 Å². The van der Waals surface area contributed by atoms with Crippen molar-refractivity contribution in [1.29, 1.82) is 0 Å². The van der Waals surface area contributed by atoms with E-state index in [1.54, 1.807) is 36.4 Å². The normalized spacial score (nSPS) is 11.1. The monoisotopic (exact) mass is 301 g/mol. The summed E-state index contributed by atoms with van der Waals surface area (Å²) in [4.78, 5) is 0.267. The van der Waals surface area contributed by atoms with Gasteiger partial charge in [0, 0.05) is 5.70 Å². The Morgan fingerprint density at radius 2 is 1.62 bits per heavy atom. The van der Waals surface area contributed by atoms with Crippen LogP contribution in [0, 0.1) is 6.92 Å². The minimum Gasteiger partial charge on any atom is -0.239 e. The summed E-state index contributed by atoms with van der Waals surface area (Å²) in [7, 11) is -3.65. The molecule has 0 heterocycles. The van der Waals surface area contributed by atoms with Crippen LogP contribution in [0.3, 0.4) is 0 Å². The standard InChI is InChI=1S/C17H19NO2S/c1-4-15(3)18(17-13-9-8-10-14(17)2)21(19,20)16-11-6-5-7-12-16/h5-13H,3-4H2,1-2H3. The average Bonchev–Trinajstić information content (AvgIpc) is 2.50. The summed E-state index contributed by atoms with van der Waals surface area (Å²) in [5.74, 6) is 0. The van der Waals surface area contributed by atoms with Crippen LogP contribution in [-0.2, 0) is 10.0 Å². The molecule has 2 rings (SSSR count). The summed E-state index contributed by atoms with van der Waals surface area (Å²) < 4.78 is 27.2. The van der Waals surface area contributed by atoms with Crippen molar-refractivity contribution in [2.24, 2.45) is 0 Å². The number of hydrogen-bond acceptors (Lipinski definition) is 2. The van der Waals surface area contributed by atoms with Crippen LogP contribution < -0.4 is 4.31 Å². The number of benzene rings is 2. The molecule has 4 heteroatoms. The maximum Gasteiger partial charge on any atom is 0.268 e. The molecule has 2 aromatic rings. The fourth-order valence-electron chi connectivity index (χ4n) is 2.10. The highest BCUT2D eigenvalue weighted by molar-refractivity contribution is 7.93. The van der Waals surface area contributed by atoms with Gasteiger partial charge in [0.1, 0.15) is 0 Å². The maximum absolute atomic E-state index is 13.0. The summed E-state index contributed by atoms with van der Waals surface area (Å²) in [6, 6.07) is 15.9. The molecule has 0 amide bonds. The van der Waals surface area contributed by atoms with Crippen molar-refractivity contribution in [3.63, 3.8) is 0 Å². The van der Waals surface area contributed by atoms with E-state index >= 15 is 0 Å². The van der Waals surface area contributed by atoms with Crippen LogP contribution in [0.4, 0.5) is 5.69 Å². The van der Waals surface area contributed by atoms with Crippen LogP contribution in [0.1, 0.15) is 18.9 Å². The lowest BCUT2D eigenvalue weighted by Crippen LogP contribution is -2.30. The Bertz CT molecular complexity index is 736. The molecule has 0 N–H and O–H groups in total. The highest BCUT2D eigenvalue weighted by Gasteiger charge is 2.27. The summed E-state index contributed by atoms with van der Waals surface area (Å²) in [6.07, 6.45) is 0.556. The minimum absolute atomic E-state index is 0.267. The van der Waals surface area contributed by atoms with Gasteiger partial charge in [-0.15, -0.1) is 0 Å². The first-order chi connectivity index (χ1) is 9.98. The summed E-state index contributed by atoms with van der Waals surface area (Å²) in [6.45, 7) is 7.72. The van der Waals surface area contributed by atoms with Crippen LogP contribution in [0.2, 0.25) is 0 Å². The van der Waals surface area contributed by atoms with Gasteiger partial charge >= 0.3 is 0 Å². The Balaban J connectivity index is 2.63. The molecule has 0 aliphatic rings. The van der Waals surface area contributed by atoms with Crippen LogP contribution >= 0.6 is 0 Å². The van der Waals surface area contributed by atoms with Gasteiger partial charge in [0.25, 0.3) is 10.0 Å². The third-order valence-corrected chi connectivity index (χ3v) is 5.11. The van der Waals surface area contributed by atoms with Gasteiger partial charge in [-0.3, -0.25) is 0 Å². The van der Waals surface area contributed by atoms with E-state index in [-0.39, 0.29) is 4.90 Å². The third kappa shape index (κ3) is 3.00. The molecular formula is C17H19NO2S. The minimum atomic E-state index is -3.65. The molecule has 0 bridgehead atoms. The summed E-state index contributed by atoms with van der Waals surface area (Å²) in [5.41, 5.74) is 2.09. The number of hydrogen-bond donors (Lipinski definition) is 0. The topological polar surface area (TPSA) is 37.4 Å². The van der Waals surface area contributed by atoms with Crippen LogP contribution in [0.5, 0.6) is 0 Å². The summed E-state index contributed by atoms with van der Waals surface area (Å²) in [5, 5.41) is 0. The predicted molar refractivity (Wildman–Crippen MR) is 86.7 cm³/mol. The van der Waals surface area contributed by atoms with Gasteiger partial charge in [-0.25, -0.2) is 12.7 Å². The van der Waals surface area contributed by atoms with Crippen molar-refractivity contribution in [3.05, 3.63) is 72.4 Å². The van der Waals surface area contributed by atoms with Gasteiger partial charge in [-0.2, -0.15) is 0 Å². The first-order valence-corrected chi connectivity index (χ1v) is 8.26. The van der Waals surface area contributed by atoms with Gasteiger partial charge in [-0.05, 0) is 37.1 Å². The predicted octanol–water partition coefficient (Wildman–Crippen LogP) is 4.11. The maximum atomic E-state index is 13.0. The number of aryl methyl sites for hydroxylation is 1. The number of para-hydroxylation sites is 1. The van der Waals surface area contributed by atoms with E-state index in [1.807, 2.05) is 32.0 Å². The van der Waals surface area contributed by atoms with Crippen molar-refractivity contribution in [3.8, 4) is 0 Å². The molecule has 0 saturated heterocycles. The molecule has 3 nitrogen and oxygen atoms in total. The molecule has 0 aliphatic heterocycles. The summed E-state index contributed by atoms with van der Waals surface area (Å²) >= 11 is 0. The second kappa shape index (κ2) is 6.14. The molecule has 2 aromatic carbocycles. The number of sulfonamides is 1. The number of allylic oxidation sites excluding steroid dienone is 1. The van der Waals surface area contributed by atoms with E-state index in [0.717, 1.165) is 5.56 Å². The van der Waals surface area contributed by atoms with Gasteiger partial charge in [-0.1, -0.05) is 49.9 Å². The second-order valence-electron chi connectivity index (χ2n) is 4.79. The molecule has 0 fully saturated rings. The third-order valence-electron chi connectivity index (χ3n) is 3.31. The largest absolute Gasteiger partial charge is 0.268 e. The Labute approximate surface area is 126 Å². The molecule has 0 unspecified atom stereocenters. The smallest absolute Gasteiger partial charge is 0.239 e. The molecule has 0 atom stereocenters. The first-order valence-electron chi connectivity index (χ1n) is 6.82. The fourth-order valence-corrected chi connectivity index (χ4v) is 3.75. The SMILES string of the molecule is C=C(CC)N(c1ccccc1C)S(=O)(=O)c1ccccc1. The van der Waals surface area contributed by atoms with E-state index in [1.165, 1.54) is 4.31 Å². The Hall–Kier alpha value is -2.07. The van der Waals surface area contributed by atoms with E-state index in [0.29, 0.717) is 17.8 Å². The van der Waals surface area contributed by atoms with E-state index < -0.39 is 10.0 Å². The van der Waals surface area contributed by atoms with Crippen molar-refractivity contribution < 1.29 is 8.42 Å². The van der Waals surface area contributed by atoms with Gasteiger partial charge in [0.15, 0.2) is 0 Å². The fraction of sp³-hybridized carbons (Fsp3) is 0.176. The lowest BCUT2D eigenvalue weighted by molar-refractivity contribution is 0.594. The number of rotatable bonds is 5. The zero-order valence-corrected chi connectivity index (χ0v) is 13.1. The molecule has 0 radical (unpaired) electrons. The molecule has 0 saturated carbocycles. The lowest BCUT2D eigenvalue weighted by Gasteiger charge is -2.27. The van der Waals surface area contributed by atoms with Crippen molar-refractivity contribution in [2.75, 3.05) is 4.31 Å². The first kappa shape index (κ1) is 15.3. The molecule has 21 heavy (non-hydrogen) atoms. The average molecular weight is 301 g/mol. The molecule has 0 aliphatic carbocycles. The lowest BCUT2D eigenvalue weighted by atomic mass is 10.2. The van der Waals surface area contributed by atoms with E-state index in [4.69, 9.17) is 0 Å². The number of anilines is 1.